The van der Waals surface area contributed by atoms with Crippen LogP contribution < -0.4 is 0 Å². The molecule has 6 nitrogen and oxygen atoms in total. The molecule has 1 aromatic rings. The first-order valence-electron chi connectivity index (χ1n) is 8.76. The maximum Gasteiger partial charge on any atom is 0.326 e. The summed E-state index contributed by atoms with van der Waals surface area (Å²) in [5.41, 5.74) is -0.811. The molecule has 6 heteroatoms. The zero-order valence-corrected chi connectivity index (χ0v) is 15.0. The van der Waals surface area contributed by atoms with Crippen molar-refractivity contribution in [2.75, 3.05) is 19.8 Å². The molecule has 0 amide bonds. The van der Waals surface area contributed by atoms with Crippen LogP contribution in [-0.4, -0.2) is 38.0 Å². The minimum atomic E-state index is -1.53. The Balaban J connectivity index is 2.48. The number of hydrogen-bond donors (Lipinski definition) is 0. The molecule has 1 aliphatic heterocycles. The molecule has 1 aliphatic rings. The highest BCUT2D eigenvalue weighted by molar-refractivity contribution is 6.01. The first-order chi connectivity index (χ1) is 12.1. The molecule has 0 aromatic heterocycles. The lowest BCUT2D eigenvalue weighted by molar-refractivity contribution is -0.243. The Labute approximate surface area is 148 Å². The van der Waals surface area contributed by atoms with Gasteiger partial charge in [-0.15, -0.1) is 0 Å². The highest BCUT2D eigenvalue weighted by Gasteiger charge is 2.59. The van der Waals surface area contributed by atoms with Crippen molar-refractivity contribution >= 4 is 11.9 Å². The van der Waals surface area contributed by atoms with E-state index in [9.17, 15) is 9.59 Å². The van der Waals surface area contributed by atoms with Crippen LogP contribution in [0.15, 0.2) is 30.3 Å². The lowest BCUT2D eigenvalue weighted by atomic mass is 9.73. The number of ether oxygens (including phenoxy) is 4. The average molecular weight is 350 g/mol. The molecular weight excluding hydrogens is 324 g/mol. The van der Waals surface area contributed by atoms with Gasteiger partial charge in [0, 0.05) is 13.0 Å². The number of carbonyl (C=O) groups is 2. The first kappa shape index (κ1) is 19.4. The van der Waals surface area contributed by atoms with Gasteiger partial charge in [0.1, 0.15) is 6.10 Å². The van der Waals surface area contributed by atoms with Crippen LogP contribution in [0.1, 0.15) is 45.3 Å². The van der Waals surface area contributed by atoms with E-state index < -0.39 is 29.7 Å². The Bertz CT molecular complexity index is 553. The summed E-state index contributed by atoms with van der Waals surface area (Å²) in [6.45, 7) is 6.13. The maximum atomic E-state index is 12.8. The van der Waals surface area contributed by atoms with Gasteiger partial charge in [0.15, 0.2) is 11.7 Å². The molecule has 1 fully saturated rings. The van der Waals surface area contributed by atoms with Crippen LogP contribution >= 0.6 is 0 Å². The zero-order chi connectivity index (χ0) is 18.3. The van der Waals surface area contributed by atoms with E-state index in [1.165, 1.54) is 0 Å². The second-order valence-electron chi connectivity index (χ2n) is 5.76. The molecule has 0 bridgehead atoms. The number of hydrogen-bond acceptors (Lipinski definition) is 6. The van der Waals surface area contributed by atoms with Crippen molar-refractivity contribution in [3.63, 3.8) is 0 Å². The molecule has 1 aromatic carbocycles. The summed E-state index contributed by atoms with van der Waals surface area (Å²) >= 11 is 0. The second kappa shape index (κ2) is 8.97. The van der Waals surface area contributed by atoms with Gasteiger partial charge in [0.2, 0.25) is 0 Å². The fourth-order valence-electron chi connectivity index (χ4n) is 3.13. The summed E-state index contributed by atoms with van der Waals surface area (Å²) in [5, 5.41) is 0. The third kappa shape index (κ3) is 4.02. The van der Waals surface area contributed by atoms with Crippen molar-refractivity contribution in [1.29, 1.82) is 0 Å². The van der Waals surface area contributed by atoms with Crippen LogP contribution in [0.4, 0.5) is 0 Å². The van der Waals surface area contributed by atoms with E-state index in [0.29, 0.717) is 18.6 Å². The van der Waals surface area contributed by atoms with Gasteiger partial charge in [-0.25, -0.2) is 0 Å². The Morgan fingerprint density at radius 2 is 1.64 bits per heavy atom. The smallest absolute Gasteiger partial charge is 0.326 e. The van der Waals surface area contributed by atoms with Crippen LogP contribution in [0.3, 0.4) is 0 Å². The molecule has 0 N–H and O–H groups in total. The van der Waals surface area contributed by atoms with Gasteiger partial charge in [0.05, 0.1) is 13.2 Å². The lowest BCUT2D eigenvalue weighted by Gasteiger charge is -2.42. The molecule has 0 radical (unpaired) electrons. The van der Waals surface area contributed by atoms with Crippen LogP contribution in [0, 0.1) is 5.41 Å². The molecule has 0 aliphatic carbocycles. The standard InChI is InChI=1S/C19H26O6/c1-4-22-15-12-13-19(17(20)23-5-2,18(21)24-6-3)16(25-15)14-10-8-7-9-11-14/h7-11,15-16H,4-6,12-13H2,1-3H3/t15-,16-/m1/s1. The fraction of sp³-hybridized carbons (Fsp3) is 0.579. The second-order valence-corrected chi connectivity index (χ2v) is 5.76. The third-order valence-corrected chi connectivity index (χ3v) is 4.24. The third-order valence-electron chi connectivity index (χ3n) is 4.24. The summed E-state index contributed by atoms with van der Waals surface area (Å²) < 4.78 is 22.1. The van der Waals surface area contributed by atoms with Gasteiger partial charge in [-0.1, -0.05) is 30.3 Å². The van der Waals surface area contributed by atoms with Gasteiger partial charge < -0.3 is 18.9 Å². The van der Waals surface area contributed by atoms with Gasteiger partial charge in [-0.3, -0.25) is 9.59 Å². The quantitative estimate of drug-likeness (QED) is 0.556. The molecule has 1 saturated heterocycles. The number of benzene rings is 1. The van der Waals surface area contributed by atoms with E-state index in [0.717, 1.165) is 0 Å². The molecule has 2 rings (SSSR count). The van der Waals surface area contributed by atoms with Crippen LogP contribution in [0.2, 0.25) is 0 Å². The minimum Gasteiger partial charge on any atom is -0.465 e. The van der Waals surface area contributed by atoms with Crippen molar-refractivity contribution in [2.24, 2.45) is 5.41 Å². The van der Waals surface area contributed by atoms with E-state index >= 15 is 0 Å². The maximum absolute atomic E-state index is 12.8. The molecule has 1 heterocycles. The summed E-state index contributed by atoms with van der Waals surface area (Å²) in [6, 6.07) is 9.19. The molecule has 2 atom stereocenters. The van der Waals surface area contributed by atoms with E-state index in [-0.39, 0.29) is 19.6 Å². The van der Waals surface area contributed by atoms with Crippen molar-refractivity contribution in [3.8, 4) is 0 Å². The lowest BCUT2D eigenvalue weighted by Crippen LogP contribution is -2.52. The monoisotopic (exact) mass is 350 g/mol. The molecular formula is C19H26O6. The summed E-state index contributed by atoms with van der Waals surface area (Å²) in [5.74, 6) is -1.23. The van der Waals surface area contributed by atoms with Crippen molar-refractivity contribution in [1.82, 2.24) is 0 Å². The van der Waals surface area contributed by atoms with Gasteiger partial charge >= 0.3 is 11.9 Å². The normalized spacial score (nSPS) is 22.2. The van der Waals surface area contributed by atoms with Gasteiger partial charge in [-0.05, 0) is 32.8 Å². The van der Waals surface area contributed by atoms with E-state index in [1.54, 1.807) is 13.8 Å². The fourth-order valence-corrected chi connectivity index (χ4v) is 3.13. The topological polar surface area (TPSA) is 71.1 Å². The number of esters is 2. The Hall–Kier alpha value is -1.92. The van der Waals surface area contributed by atoms with Crippen molar-refractivity contribution in [3.05, 3.63) is 35.9 Å². The SMILES string of the molecule is CCOC(=O)C1(C(=O)OCC)CC[C@H](OCC)O[C@@H]1c1ccccc1. The van der Waals surface area contributed by atoms with Crippen LogP contribution in [0.5, 0.6) is 0 Å². The van der Waals surface area contributed by atoms with E-state index in [2.05, 4.69) is 0 Å². The minimum absolute atomic E-state index is 0.177. The number of carbonyl (C=O) groups excluding carboxylic acids is 2. The summed E-state index contributed by atoms with van der Waals surface area (Å²) in [7, 11) is 0. The molecule has 138 valence electrons. The van der Waals surface area contributed by atoms with E-state index in [4.69, 9.17) is 18.9 Å². The summed E-state index contributed by atoms with van der Waals surface area (Å²) in [4.78, 5) is 25.7. The van der Waals surface area contributed by atoms with Gasteiger partial charge in [0.25, 0.3) is 0 Å². The first-order valence-corrected chi connectivity index (χ1v) is 8.76. The Kier molecular flexibility index (Phi) is 6.96. The Morgan fingerprint density at radius 1 is 1.04 bits per heavy atom. The van der Waals surface area contributed by atoms with Crippen molar-refractivity contribution in [2.45, 2.75) is 46.0 Å². The zero-order valence-electron chi connectivity index (χ0n) is 15.0. The molecule has 0 spiro atoms. The van der Waals surface area contributed by atoms with Gasteiger partial charge in [-0.2, -0.15) is 0 Å². The Morgan fingerprint density at radius 3 is 2.16 bits per heavy atom. The predicted octanol–water partition coefficient (Wildman–Crippen LogP) is 3.01. The number of rotatable bonds is 7. The molecule has 25 heavy (non-hydrogen) atoms. The highest BCUT2D eigenvalue weighted by Crippen LogP contribution is 2.48. The summed E-state index contributed by atoms with van der Waals surface area (Å²) in [6.07, 6.45) is -0.645. The average Bonchev–Trinajstić information content (AvgIpc) is 2.63. The van der Waals surface area contributed by atoms with Crippen LogP contribution in [0.25, 0.3) is 0 Å². The van der Waals surface area contributed by atoms with Crippen LogP contribution in [-0.2, 0) is 28.5 Å². The largest absolute Gasteiger partial charge is 0.465 e. The predicted molar refractivity (Wildman–Crippen MR) is 90.6 cm³/mol. The molecule has 0 unspecified atom stereocenters. The molecule has 0 saturated carbocycles. The van der Waals surface area contributed by atoms with Crippen molar-refractivity contribution < 1.29 is 28.5 Å². The van der Waals surface area contributed by atoms with E-state index in [1.807, 2.05) is 37.3 Å². The highest BCUT2D eigenvalue weighted by atomic mass is 16.7.